The number of nitrogens with zero attached hydrogens (tertiary/aromatic N) is 2. The maximum absolute atomic E-state index is 7.29. The van der Waals surface area contributed by atoms with Crippen LogP contribution in [0.4, 0.5) is 0 Å². The average molecular weight is 515 g/mol. The standard InChI is InChI=1S/C34H46N2O2/c1-21-15-22-19-35-27-13-11-12-14-28(27)36-20-23-17-24(31(2,3)4)18-26(33(8,9)10)30(23)38-34(35,36)37-29(22)25(16-21)32(5,6)7/h15-20,27-28H,11-14H2,1-10H3/q+2/t27-,28-,34?/m0/s1. The van der Waals surface area contributed by atoms with Crippen LogP contribution in [0, 0.1) is 6.92 Å². The lowest BCUT2D eigenvalue weighted by molar-refractivity contribution is -0.866. The van der Waals surface area contributed by atoms with Crippen molar-refractivity contribution in [1.82, 2.24) is 0 Å². The maximum atomic E-state index is 7.29. The Bertz CT molecular complexity index is 1390. The second kappa shape index (κ2) is 7.96. The highest BCUT2D eigenvalue weighted by atomic mass is 16.7. The average Bonchev–Trinajstić information content (AvgIpc) is 3.07. The third-order valence-corrected chi connectivity index (χ3v) is 8.95. The van der Waals surface area contributed by atoms with E-state index in [4.69, 9.17) is 9.47 Å². The van der Waals surface area contributed by atoms with Crippen molar-refractivity contribution in [2.24, 2.45) is 0 Å². The van der Waals surface area contributed by atoms with Crippen LogP contribution in [0.15, 0.2) is 24.3 Å². The molecule has 2 aromatic carbocycles. The molecule has 2 aromatic rings. The van der Waals surface area contributed by atoms with E-state index in [-0.39, 0.29) is 16.2 Å². The van der Waals surface area contributed by atoms with Gasteiger partial charge in [0.05, 0.1) is 11.1 Å². The zero-order valence-corrected chi connectivity index (χ0v) is 25.2. The van der Waals surface area contributed by atoms with E-state index in [9.17, 15) is 0 Å². The first-order chi connectivity index (χ1) is 17.6. The molecule has 1 spiro atoms. The summed E-state index contributed by atoms with van der Waals surface area (Å²) in [7, 11) is 0. The zero-order valence-electron chi connectivity index (χ0n) is 25.2. The molecule has 0 N–H and O–H groups in total. The van der Waals surface area contributed by atoms with E-state index >= 15 is 0 Å². The second-order valence-corrected chi connectivity index (χ2v) is 15.2. The van der Waals surface area contributed by atoms with E-state index in [0.29, 0.717) is 12.1 Å². The monoisotopic (exact) mass is 514 g/mol. The summed E-state index contributed by atoms with van der Waals surface area (Å²) in [5.74, 6) is 1.93. The first-order valence-electron chi connectivity index (χ1n) is 14.6. The molecular formula is C34H46N2O2+2. The lowest BCUT2D eigenvalue weighted by Gasteiger charge is -2.34. The summed E-state index contributed by atoms with van der Waals surface area (Å²) in [6, 6.07) is 9.01. The molecule has 3 aliphatic heterocycles. The molecule has 1 saturated heterocycles. The fraction of sp³-hybridized carbons (Fsp3) is 0.588. The Morgan fingerprint density at radius 3 is 1.61 bits per heavy atom. The quantitative estimate of drug-likeness (QED) is 0.348. The topological polar surface area (TPSA) is 24.5 Å². The number of aryl methyl sites for hydroxylation is 1. The predicted molar refractivity (Wildman–Crippen MR) is 155 cm³/mol. The van der Waals surface area contributed by atoms with Gasteiger partial charge in [-0.25, -0.2) is 0 Å². The van der Waals surface area contributed by atoms with Gasteiger partial charge >= 0.3 is 6.03 Å². The van der Waals surface area contributed by atoms with Gasteiger partial charge in [0, 0.05) is 24.0 Å². The summed E-state index contributed by atoms with van der Waals surface area (Å²) in [5.41, 5.74) is 7.37. The summed E-state index contributed by atoms with van der Waals surface area (Å²) >= 11 is 0. The molecule has 202 valence electrons. The van der Waals surface area contributed by atoms with Crippen molar-refractivity contribution < 1.29 is 18.6 Å². The minimum atomic E-state index is -1.00. The number of ether oxygens (including phenoxy) is 2. The van der Waals surface area contributed by atoms with Crippen molar-refractivity contribution in [3.8, 4) is 11.5 Å². The first-order valence-corrected chi connectivity index (χ1v) is 14.6. The number of rotatable bonds is 0. The Morgan fingerprint density at radius 2 is 1.13 bits per heavy atom. The van der Waals surface area contributed by atoms with Crippen molar-refractivity contribution in [3.05, 3.63) is 57.6 Å². The van der Waals surface area contributed by atoms with Crippen LogP contribution in [0.2, 0.25) is 0 Å². The smallest absolute Gasteiger partial charge is 0.340 e. The van der Waals surface area contributed by atoms with E-state index in [2.05, 4.69) is 115 Å². The molecule has 0 amide bonds. The third kappa shape index (κ3) is 3.77. The molecule has 38 heavy (non-hydrogen) atoms. The van der Waals surface area contributed by atoms with Gasteiger partial charge in [-0.2, -0.15) is 0 Å². The van der Waals surface area contributed by atoms with Crippen LogP contribution in [0.1, 0.15) is 121 Å². The Labute approximate surface area is 229 Å². The molecule has 4 nitrogen and oxygen atoms in total. The lowest BCUT2D eigenvalue weighted by Crippen LogP contribution is -2.60. The number of hydrogen-bond donors (Lipinski definition) is 0. The summed E-state index contributed by atoms with van der Waals surface area (Å²) < 4.78 is 19.4. The fourth-order valence-corrected chi connectivity index (χ4v) is 6.86. The van der Waals surface area contributed by atoms with Gasteiger partial charge in [0.15, 0.2) is 23.9 Å². The number of benzene rings is 2. The van der Waals surface area contributed by atoms with Crippen molar-refractivity contribution in [2.45, 2.75) is 129 Å². The molecule has 6 rings (SSSR count). The minimum absolute atomic E-state index is 0.0482. The molecular weight excluding hydrogens is 468 g/mol. The van der Waals surface area contributed by atoms with Gasteiger partial charge in [0.2, 0.25) is 12.1 Å². The van der Waals surface area contributed by atoms with E-state index in [1.54, 1.807) is 0 Å². The van der Waals surface area contributed by atoms with Gasteiger partial charge in [-0.15, -0.1) is 0 Å². The number of fused-ring (bicyclic) bond motifs is 5. The highest BCUT2D eigenvalue weighted by molar-refractivity contribution is 5.85. The van der Waals surface area contributed by atoms with Gasteiger partial charge < -0.3 is 9.47 Å². The Morgan fingerprint density at radius 1 is 0.658 bits per heavy atom. The van der Waals surface area contributed by atoms with Crippen molar-refractivity contribution in [1.29, 1.82) is 0 Å². The van der Waals surface area contributed by atoms with E-state index in [0.717, 1.165) is 24.3 Å². The normalized spacial score (nSPS) is 26.1. The lowest BCUT2D eigenvalue weighted by atomic mass is 9.79. The fourth-order valence-electron chi connectivity index (χ4n) is 6.86. The van der Waals surface area contributed by atoms with E-state index in [1.807, 2.05) is 0 Å². The van der Waals surface area contributed by atoms with Crippen molar-refractivity contribution >= 4 is 12.4 Å². The van der Waals surface area contributed by atoms with Crippen LogP contribution in [-0.2, 0) is 16.2 Å². The highest BCUT2D eigenvalue weighted by Crippen LogP contribution is 2.49. The molecule has 2 fully saturated rings. The molecule has 0 radical (unpaired) electrons. The van der Waals surface area contributed by atoms with Gasteiger partial charge in [0.1, 0.15) is 0 Å². The maximum Gasteiger partial charge on any atom is 0.704 e. The minimum Gasteiger partial charge on any atom is -0.340 e. The van der Waals surface area contributed by atoms with Crippen molar-refractivity contribution in [3.63, 3.8) is 0 Å². The molecule has 3 heterocycles. The largest absolute Gasteiger partial charge is 0.704 e. The summed E-state index contributed by atoms with van der Waals surface area (Å²) in [6.07, 6.45) is 9.53. The molecule has 4 heteroatoms. The van der Waals surface area contributed by atoms with Crippen LogP contribution in [0.5, 0.6) is 11.5 Å². The Balaban J connectivity index is 1.63. The van der Waals surface area contributed by atoms with Crippen LogP contribution in [0.25, 0.3) is 0 Å². The predicted octanol–water partition coefficient (Wildman–Crippen LogP) is 7.17. The first kappa shape index (κ1) is 25.6. The molecule has 1 saturated carbocycles. The number of hydrogen-bond acceptors (Lipinski definition) is 2. The zero-order chi connectivity index (χ0) is 27.4. The van der Waals surface area contributed by atoms with Gasteiger partial charge in [-0.05, 0) is 59.3 Å². The summed E-state index contributed by atoms with van der Waals surface area (Å²) in [6.45, 7) is 22.8. The molecule has 3 atom stereocenters. The molecule has 1 unspecified atom stereocenters. The van der Waals surface area contributed by atoms with E-state index < -0.39 is 6.03 Å². The molecule has 1 aliphatic carbocycles. The van der Waals surface area contributed by atoms with E-state index in [1.165, 1.54) is 46.2 Å². The summed E-state index contributed by atoms with van der Waals surface area (Å²) in [4.78, 5) is 0. The SMILES string of the molecule is Cc1cc2c(c(C(C)(C)C)c1)OC13Oc4c(cc(C(C)(C)C)cc4C(C)(C)C)C=[N+]1[C@H]1CCCC[C@@H]1[N+]3=C2. The Hall–Kier alpha value is -2.62. The van der Waals surface area contributed by atoms with Gasteiger partial charge in [-0.1, -0.05) is 83.6 Å². The highest BCUT2D eigenvalue weighted by Gasteiger charge is 2.76. The molecule has 4 aliphatic rings. The van der Waals surface area contributed by atoms with Crippen LogP contribution < -0.4 is 9.47 Å². The molecule has 0 aromatic heterocycles. The van der Waals surface area contributed by atoms with Crippen LogP contribution >= 0.6 is 0 Å². The molecule has 0 bridgehead atoms. The second-order valence-electron chi connectivity index (χ2n) is 15.2. The van der Waals surface area contributed by atoms with Gasteiger partial charge in [0.25, 0.3) is 0 Å². The van der Waals surface area contributed by atoms with Gasteiger partial charge in [-0.3, -0.25) is 0 Å². The Kier molecular flexibility index (Phi) is 5.37. The van der Waals surface area contributed by atoms with Crippen LogP contribution in [-0.4, -0.2) is 39.7 Å². The van der Waals surface area contributed by atoms with Crippen LogP contribution in [0.3, 0.4) is 0 Å². The summed E-state index contributed by atoms with van der Waals surface area (Å²) in [5, 5.41) is 0. The van der Waals surface area contributed by atoms with Crippen molar-refractivity contribution in [2.75, 3.05) is 0 Å². The third-order valence-electron chi connectivity index (χ3n) is 8.95.